The Bertz CT molecular complexity index is 703. The van der Waals surface area contributed by atoms with Gasteiger partial charge in [0.1, 0.15) is 0 Å². The molecule has 0 aliphatic heterocycles. The molecule has 0 bridgehead atoms. The zero-order valence-corrected chi connectivity index (χ0v) is 11.1. The Kier molecular flexibility index (Phi) is 2.76. The maximum atomic E-state index is 5.13. The Balaban J connectivity index is 2.10. The zero-order valence-electron chi connectivity index (χ0n) is 10.3. The Morgan fingerprint density at radius 1 is 1.06 bits per heavy atom. The molecule has 0 aliphatic carbocycles. The van der Waals surface area contributed by atoms with Crippen LogP contribution in [0.2, 0.25) is 0 Å². The summed E-state index contributed by atoms with van der Waals surface area (Å²) in [6.07, 6.45) is 0. The van der Waals surface area contributed by atoms with E-state index in [1.54, 1.807) is 7.11 Å². The minimum Gasteiger partial charge on any atom is -0.473 e. The van der Waals surface area contributed by atoms with Crippen LogP contribution < -0.4 is 4.74 Å². The van der Waals surface area contributed by atoms with Gasteiger partial charge < -0.3 is 4.74 Å². The number of nitrogens with zero attached hydrogens (tertiary/aromatic N) is 1. The first kappa shape index (κ1) is 11.2. The van der Waals surface area contributed by atoms with Crippen molar-refractivity contribution < 1.29 is 4.74 Å². The molecule has 2 aromatic carbocycles. The summed E-state index contributed by atoms with van der Waals surface area (Å²) in [7, 11) is 1.64. The molecule has 0 unspecified atom stereocenters. The van der Waals surface area contributed by atoms with E-state index in [9.17, 15) is 0 Å². The van der Waals surface area contributed by atoms with E-state index in [1.165, 1.54) is 27.7 Å². The van der Waals surface area contributed by atoms with E-state index in [1.807, 2.05) is 5.38 Å². The summed E-state index contributed by atoms with van der Waals surface area (Å²) in [5.41, 5.74) is 3.39. The second kappa shape index (κ2) is 4.42. The topological polar surface area (TPSA) is 22.1 Å². The van der Waals surface area contributed by atoms with E-state index >= 15 is 0 Å². The SMILES string of the molecule is COc1nc(-c2ccc3cc(C)ccc3c2)cs1. The van der Waals surface area contributed by atoms with Crippen molar-refractivity contribution in [3.05, 3.63) is 47.3 Å². The van der Waals surface area contributed by atoms with Crippen molar-refractivity contribution in [2.75, 3.05) is 7.11 Å². The molecule has 3 aromatic rings. The Hall–Kier alpha value is -1.87. The van der Waals surface area contributed by atoms with Gasteiger partial charge in [0.15, 0.2) is 0 Å². The average Bonchev–Trinajstić information content (AvgIpc) is 2.87. The molecule has 1 aromatic heterocycles. The summed E-state index contributed by atoms with van der Waals surface area (Å²) in [6, 6.07) is 12.9. The Morgan fingerprint density at radius 3 is 2.61 bits per heavy atom. The van der Waals surface area contributed by atoms with E-state index in [2.05, 4.69) is 48.3 Å². The first-order valence-corrected chi connectivity index (χ1v) is 6.64. The number of methoxy groups -OCH3 is 1. The van der Waals surface area contributed by atoms with Crippen molar-refractivity contribution in [3.8, 4) is 16.5 Å². The minimum atomic E-state index is 0.703. The fourth-order valence-electron chi connectivity index (χ4n) is 2.01. The number of hydrogen-bond acceptors (Lipinski definition) is 3. The van der Waals surface area contributed by atoms with Crippen molar-refractivity contribution in [2.24, 2.45) is 0 Å². The summed E-state index contributed by atoms with van der Waals surface area (Å²) >= 11 is 1.52. The van der Waals surface area contributed by atoms with Gasteiger partial charge >= 0.3 is 0 Å². The van der Waals surface area contributed by atoms with E-state index in [0.717, 1.165) is 11.3 Å². The summed E-state index contributed by atoms with van der Waals surface area (Å²) in [4.78, 5) is 4.42. The van der Waals surface area contributed by atoms with Gasteiger partial charge in [0.2, 0.25) is 0 Å². The minimum absolute atomic E-state index is 0.703. The molecule has 0 radical (unpaired) electrons. The van der Waals surface area contributed by atoms with Crippen molar-refractivity contribution in [3.63, 3.8) is 0 Å². The van der Waals surface area contributed by atoms with Crippen LogP contribution in [0.1, 0.15) is 5.56 Å². The standard InChI is InChI=1S/C15H13NOS/c1-10-3-4-12-8-13(6-5-11(12)7-10)14-9-18-15(16-14)17-2/h3-9H,1-2H3. The highest BCUT2D eigenvalue weighted by Crippen LogP contribution is 2.28. The fourth-order valence-corrected chi connectivity index (χ4v) is 2.66. The van der Waals surface area contributed by atoms with Crippen LogP contribution in [0.5, 0.6) is 5.19 Å². The van der Waals surface area contributed by atoms with Crippen LogP contribution in [-0.2, 0) is 0 Å². The first-order valence-electron chi connectivity index (χ1n) is 5.76. The maximum Gasteiger partial charge on any atom is 0.273 e. The molecule has 3 rings (SSSR count). The van der Waals surface area contributed by atoms with Crippen LogP contribution in [0.4, 0.5) is 0 Å². The molecule has 0 saturated heterocycles. The van der Waals surface area contributed by atoms with Gasteiger partial charge in [0, 0.05) is 10.9 Å². The average molecular weight is 255 g/mol. The monoisotopic (exact) mass is 255 g/mol. The molecule has 0 N–H and O–H groups in total. The van der Waals surface area contributed by atoms with E-state index < -0.39 is 0 Å². The normalized spacial score (nSPS) is 10.8. The maximum absolute atomic E-state index is 5.13. The third kappa shape index (κ3) is 1.97. The molecular formula is C15H13NOS. The quantitative estimate of drug-likeness (QED) is 0.682. The lowest BCUT2D eigenvalue weighted by molar-refractivity contribution is 0.412. The highest BCUT2D eigenvalue weighted by molar-refractivity contribution is 7.11. The molecule has 1 heterocycles. The number of benzene rings is 2. The van der Waals surface area contributed by atoms with Gasteiger partial charge in [0.05, 0.1) is 12.8 Å². The fraction of sp³-hybridized carbons (Fsp3) is 0.133. The van der Waals surface area contributed by atoms with Gasteiger partial charge in [-0.15, -0.1) is 0 Å². The molecule has 18 heavy (non-hydrogen) atoms. The Labute approximate surface area is 110 Å². The van der Waals surface area contributed by atoms with Gasteiger partial charge in [-0.3, -0.25) is 0 Å². The number of thiazole rings is 1. The van der Waals surface area contributed by atoms with Crippen LogP contribution in [0.3, 0.4) is 0 Å². The summed E-state index contributed by atoms with van der Waals surface area (Å²) in [5.74, 6) is 0. The predicted octanol–water partition coefficient (Wildman–Crippen LogP) is 4.28. The van der Waals surface area contributed by atoms with E-state index in [4.69, 9.17) is 4.74 Å². The highest BCUT2D eigenvalue weighted by Gasteiger charge is 2.05. The molecule has 0 spiro atoms. The third-order valence-corrected chi connectivity index (χ3v) is 3.75. The summed E-state index contributed by atoms with van der Waals surface area (Å²) in [6.45, 7) is 2.11. The molecule has 0 amide bonds. The number of rotatable bonds is 2. The van der Waals surface area contributed by atoms with Crippen molar-refractivity contribution in [1.82, 2.24) is 4.98 Å². The van der Waals surface area contributed by atoms with E-state index in [-0.39, 0.29) is 0 Å². The molecule has 0 atom stereocenters. The number of aromatic nitrogens is 1. The zero-order chi connectivity index (χ0) is 12.5. The number of aryl methyl sites for hydroxylation is 1. The van der Waals surface area contributed by atoms with Crippen molar-refractivity contribution in [2.45, 2.75) is 6.92 Å². The third-order valence-electron chi connectivity index (χ3n) is 2.95. The molecule has 2 nitrogen and oxygen atoms in total. The van der Waals surface area contributed by atoms with Crippen LogP contribution in [-0.4, -0.2) is 12.1 Å². The summed E-state index contributed by atoms with van der Waals surface area (Å²) in [5, 5.41) is 5.23. The van der Waals surface area contributed by atoms with Gasteiger partial charge in [-0.05, 0) is 23.8 Å². The van der Waals surface area contributed by atoms with Gasteiger partial charge in [0.25, 0.3) is 5.19 Å². The number of ether oxygens (including phenoxy) is 1. The Morgan fingerprint density at radius 2 is 1.83 bits per heavy atom. The van der Waals surface area contributed by atoms with Gasteiger partial charge in [-0.25, -0.2) is 4.98 Å². The second-order valence-electron chi connectivity index (χ2n) is 4.27. The molecule has 90 valence electrons. The van der Waals surface area contributed by atoms with Crippen LogP contribution in [0, 0.1) is 6.92 Å². The lowest BCUT2D eigenvalue weighted by atomic mass is 10.0. The number of fused-ring (bicyclic) bond motifs is 1. The second-order valence-corrected chi connectivity index (χ2v) is 5.09. The van der Waals surface area contributed by atoms with Gasteiger partial charge in [-0.2, -0.15) is 0 Å². The summed E-state index contributed by atoms with van der Waals surface area (Å²) < 4.78 is 5.13. The van der Waals surface area contributed by atoms with Crippen LogP contribution in [0.15, 0.2) is 41.8 Å². The van der Waals surface area contributed by atoms with Crippen LogP contribution >= 0.6 is 11.3 Å². The molecule has 0 fully saturated rings. The van der Waals surface area contributed by atoms with Crippen molar-refractivity contribution >= 4 is 22.1 Å². The highest BCUT2D eigenvalue weighted by atomic mass is 32.1. The smallest absolute Gasteiger partial charge is 0.273 e. The van der Waals surface area contributed by atoms with Gasteiger partial charge in [-0.1, -0.05) is 47.2 Å². The molecule has 0 saturated carbocycles. The molecular weight excluding hydrogens is 242 g/mol. The largest absolute Gasteiger partial charge is 0.473 e. The first-order chi connectivity index (χ1) is 8.76. The predicted molar refractivity (Wildman–Crippen MR) is 76.3 cm³/mol. The van der Waals surface area contributed by atoms with E-state index in [0.29, 0.717) is 5.19 Å². The lowest BCUT2D eigenvalue weighted by Crippen LogP contribution is -1.82. The number of hydrogen-bond donors (Lipinski definition) is 0. The molecule has 0 aliphatic rings. The van der Waals surface area contributed by atoms with Crippen LogP contribution in [0.25, 0.3) is 22.0 Å². The lowest BCUT2D eigenvalue weighted by Gasteiger charge is -2.02. The molecule has 3 heteroatoms. The van der Waals surface area contributed by atoms with Crippen molar-refractivity contribution in [1.29, 1.82) is 0 Å².